The van der Waals surface area contributed by atoms with Gasteiger partial charge in [-0.05, 0) is 53.1 Å². The summed E-state index contributed by atoms with van der Waals surface area (Å²) in [7, 11) is 1.52. The molecule has 0 fully saturated rings. The lowest BCUT2D eigenvalue weighted by molar-refractivity contribution is 0.105. The van der Waals surface area contributed by atoms with Gasteiger partial charge in [-0.25, -0.2) is 8.78 Å². The van der Waals surface area contributed by atoms with Gasteiger partial charge in [0.05, 0.1) is 7.11 Å². The Balaban J connectivity index is 0.000000847. The summed E-state index contributed by atoms with van der Waals surface area (Å²) in [6.07, 6.45) is 1.39. The molecule has 22 heavy (non-hydrogen) atoms. The summed E-state index contributed by atoms with van der Waals surface area (Å²) < 4.78 is 31.8. The third kappa shape index (κ3) is 2.91. The summed E-state index contributed by atoms with van der Waals surface area (Å²) in [6, 6.07) is 8.23. The van der Waals surface area contributed by atoms with Crippen LogP contribution in [-0.4, -0.2) is 12.9 Å². The zero-order valence-electron chi connectivity index (χ0n) is 12.6. The van der Waals surface area contributed by atoms with E-state index in [0.29, 0.717) is 28.0 Å². The summed E-state index contributed by atoms with van der Waals surface area (Å²) in [5, 5.41) is 0. The molecule has 2 aromatic carbocycles. The van der Waals surface area contributed by atoms with Gasteiger partial charge >= 0.3 is 0 Å². The number of carbonyl (C=O) groups is 1. The number of allylic oxidation sites excluding steroid dienone is 1. The average molecular weight is 302 g/mol. The van der Waals surface area contributed by atoms with E-state index in [1.807, 2.05) is 13.8 Å². The number of ketones is 1. The predicted octanol–water partition coefficient (Wildman–Crippen LogP) is 4.63. The highest BCUT2D eigenvalue weighted by molar-refractivity contribution is 6.18. The zero-order valence-corrected chi connectivity index (χ0v) is 12.6. The van der Waals surface area contributed by atoms with Crippen molar-refractivity contribution in [1.82, 2.24) is 0 Å². The highest BCUT2D eigenvalue weighted by atomic mass is 19.1. The lowest BCUT2D eigenvalue weighted by Crippen LogP contribution is -1.94. The maximum absolute atomic E-state index is 13.3. The average Bonchev–Trinajstić information content (AvgIpc) is 2.85. The van der Waals surface area contributed by atoms with Crippen LogP contribution in [0.4, 0.5) is 8.78 Å². The number of hydrogen-bond donors (Lipinski definition) is 0. The van der Waals surface area contributed by atoms with E-state index in [1.165, 1.54) is 25.3 Å². The van der Waals surface area contributed by atoms with Crippen LogP contribution < -0.4 is 4.74 Å². The quantitative estimate of drug-likeness (QED) is 0.808. The minimum absolute atomic E-state index is 0.178. The Hall–Kier alpha value is -2.49. The predicted molar refractivity (Wildman–Crippen MR) is 82.1 cm³/mol. The van der Waals surface area contributed by atoms with Crippen LogP contribution in [0.3, 0.4) is 0 Å². The monoisotopic (exact) mass is 302 g/mol. The second-order valence-corrected chi connectivity index (χ2v) is 4.49. The number of halogens is 2. The molecule has 3 rings (SSSR count). The Kier molecular flexibility index (Phi) is 4.71. The normalized spacial score (nSPS) is 12.2. The van der Waals surface area contributed by atoms with Crippen molar-refractivity contribution in [2.75, 3.05) is 7.11 Å². The molecule has 0 aliphatic heterocycles. The van der Waals surface area contributed by atoms with Crippen LogP contribution in [0.15, 0.2) is 42.5 Å². The molecule has 0 aromatic heterocycles. The number of benzene rings is 2. The first-order valence-electron chi connectivity index (χ1n) is 6.99. The van der Waals surface area contributed by atoms with Crippen molar-refractivity contribution in [3.05, 3.63) is 70.8 Å². The van der Waals surface area contributed by atoms with Gasteiger partial charge in [0, 0.05) is 11.6 Å². The van der Waals surface area contributed by atoms with Crippen LogP contribution in [0.25, 0.3) is 5.57 Å². The third-order valence-electron chi connectivity index (χ3n) is 3.23. The fourth-order valence-corrected chi connectivity index (χ4v) is 2.32. The molecule has 0 unspecified atom stereocenters. The molecule has 0 spiro atoms. The minimum Gasteiger partial charge on any atom is -0.497 e. The molecule has 0 bridgehead atoms. The molecule has 0 radical (unpaired) electrons. The van der Waals surface area contributed by atoms with Gasteiger partial charge in [0.25, 0.3) is 0 Å². The fourth-order valence-electron chi connectivity index (χ4n) is 2.32. The Morgan fingerprint density at radius 2 is 1.55 bits per heavy atom. The minimum atomic E-state index is -0.676. The molecule has 0 saturated carbocycles. The second-order valence-electron chi connectivity index (χ2n) is 4.49. The molecule has 0 heterocycles. The summed E-state index contributed by atoms with van der Waals surface area (Å²) in [5.41, 5.74) is 1.97. The van der Waals surface area contributed by atoms with Gasteiger partial charge in [-0.15, -0.1) is 0 Å². The Labute approximate surface area is 128 Å². The van der Waals surface area contributed by atoms with E-state index in [4.69, 9.17) is 4.74 Å². The van der Waals surface area contributed by atoms with Crippen molar-refractivity contribution in [2.24, 2.45) is 0 Å². The third-order valence-corrected chi connectivity index (χ3v) is 3.23. The Morgan fingerprint density at radius 3 is 2.14 bits per heavy atom. The molecule has 0 atom stereocenters. The molecule has 1 aliphatic carbocycles. The highest BCUT2D eigenvalue weighted by Gasteiger charge is 2.23. The SMILES string of the molecule is CC.COc1ccc2c(c1)C(c1cc(F)cc(F)c1)=CC2=O. The number of rotatable bonds is 2. The number of methoxy groups -OCH3 is 1. The highest BCUT2D eigenvalue weighted by Crippen LogP contribution is 2.35. The summed E-state index contributed by atoms with van der Waals surface area (Å²) in [6.45, 7) is 4.00. The van der Waals surface area contributed by atoms with Crippen molar-refractivity contribution in [3.8, 4) is 5.75 Å². The lowest BCUT2D eigenvalue weighted by Gasteiger charge is -2.08. The van der Waals surface area contributed by atoms with Gasteiger partial charge in [0.2, 0.25) is 0 Å². The number of hydrogen-bond acceptors (Lipinski definition) is 2. The van der Waals surface area contributed by atoms with Gasteiger partial charge in [-0.2, -0.15) is 0 Å². The van der Waals surface area contributed by atoms with Crippen molar-refractivity contribution >= 4 is 11.4 Å². The van der Waals surface area contributed by atoms with E-state index in [-0.39, 0.29) is 5.78 Å². The van der Waals surface area contributed by atoms with Crippen LogP contribution in [0.1, 0.15) is 35.3 Å². The van der Waals surface area contributed by atoms with Crippen molar-refractivity contribution in [2.45, 2.75) is 13.8 Å². The van der Waals surface area contributed by atoms with E-state index >= 15 is 0 Å². The topological polar surface area (TPSA) is 26.3 Å². The van der Waals surface area contributed by atoms with Gasteiger partial charge in [0.15, 0.2) is 5.78 Å². The van der Waals surface area contributed by atoms with Gasteiger partial charge in [-0.3, -0.25) is 4.79 Å². The number of carbonyl (C=O) groups excluding carboxylic acids is 1. The first kappa shape index (κ1) is 15.9. The van der Waals surface area contributed by atoms with Crippen molar-refractivity contribution in [3.63, 3.8) is 0 Å². The van der Waals surface area contributed by atoms with E-state index in [1.54, 1.807) is 18.2 Å². The molecular weight excluding hydrogens is 286 g/mol. The van der Waals surface area contributed by atoms with E-state index < -0.39 is 11.6 Å². The smallest absolute Gasteiger partial charge is 0.187 e. The molecule has 4 heteroatoms. The Morgan fingerprint density at radius 1 is 0.909 bits per heavy atom. The first-order chi connectivity index (χ1) is 10.6. The van der Waals surface area contributed by atoms with Crippen LogP contribution in [0, 0.1) is 11.6 Å². The van der Waals surface area contributed by atoms with Crippen molar-refractivity contribution in [1.29, 1.82) is 0 Å². The molecule has 1 aliphatic rings. The van der Waals surface area contributed by atoms with Crippen molar-refractivity contribution < 1.29 is 18.3 Å². The number of ether oxygens (including phenoxy) is 1. The second kappa shape index (κ2) is 6.52. The van der Waals surface area contributed by atoms with Crippen LogP contribution in [0.5, 0.6) is 5.75 Å². The molecule has 0 amide bonds. The molecule has 0 saturated heterocycles. The van der Waals surface area contributed by atoms with Gasteiger partial charge in [-0.1, -0.05) is 13.8 Å². The number of fused-ring (bicyclic) bond motifs is 1. The fraction of sp³-hybridized carbons (Fsp3) is 0.167. The van der Waals surface area contributed by atoms with E-state index in [0.717, 1.165) is 6.07 Å². The van der Waals surface area contributed by atoms with Crippen LogP contribution >= 0.6 is 0 Å². The van der Waals surface area contributed by atoms with Gasteiger partial charge in [0.1, 0.15) is 17.4 Å². The molecule has 0 N–H and O–H groups in total. The van der Waals surface area contributed by atoms with E-state index in [9.17, 15) is 13.6 Å². The summed E-state index contributed by atoms with van der Waals surface area (Å²) >= 11 is 0. The standard InChI is InChI=1S/C16H10F2O2.C2H6/c1-20-12-2-3-13-15(7-12)14(8-16(13)19)9-4-10(17)6-11(18)5-9;1-2/h2-8H,1H3;1-2H3. The Bertz CT molecular complexity index is 728. The molecule has 114 valence electrons. The largest absolute Gasteiger partial charge is 0.497 e. The molecule has 2 nitrogen and oxygen atoms in total. The summed E-state index contributed by atoms with van der Waals surface area (Å²) in [4.78, 5) is 11.9. The van der Waals surface area contributed by atoms with Gasteiger partial charge < -0.3 is 4.74 Å². The maximum atomic E-state index is 13.3. The lowest BCUT2D eigenvalue weighted by atomic mass is 9.98. The van der Waals surface area contributed by atoms with E-state index in [2.05, 4.69) is 0 Å². The first-order valence-corrected chi connectivity index (χ1v) is 6.99. The van der Waals surface area contributed by atoms with Crippen LogP contribution in [0.2, 0.25) is 0 Å². The maximum Gasteiger partial charge on any atom is 0.187 e. The molecular formula is C18H16F2O2. The molecule has 2 aromatic rings. The summed E-state index contributed by atoms with van der Waals surface area (Å²) in [5.74, 6) is -0.946. The zero-order chi connectivity index (χ0) is 16.3. The van der Waals surface area contributed by atoms with Crippen LogP contribution in [-0.2, 0) is 0 Å².